The standard InChI is InChI=1S/C12H25NO2S/c1-6-16-9-7-8-13-10(2)11(14)15-12(3,4)5/h10,13H,6-9H2,1-5H3/t10-/m1/s1. The van der Waals surface area contributed by atoms with Crippen molar-refractivity contribution in [2.45, 2.75) is 52.7 Å². The third-order valence-electron chi connectivity index (χ3n) is 1.88. The number of nitrogens with one attached hydrogen (secondary N) is 1. The van der Waals surface area contributed by atoms with E-state index in [9.17, 15) is 4.79 Å². The van der Waals surface area contributed by atoms with Crippen molar-refractivity contribution in [3.8, 4) is 0 Å². The molecule has 0 aromatic carbocycles. The fourth-order valence-corrected chi connectivity index (χ4v) is 1.75. The average Bonchev–Trinajstić information content (AvgIpc) is 2.14. The third kappa shape index (κ3) is 9.04. The summed E-state index contributed by atoms with van der Waals surface area (Å²) in [5.74, 6) is 2.13. The Labute approximate surface area is 104 Å². The van der Waals surface area contributed by atoms with Crippen LogP contribution in [-0.4, -0.2) is 35.7 Å². The molecule has 0 saturated carbocycles. The molecule has 0 aliphatic heterocycles. The second-order valence-corrected chi connectivity index (χ2v) is 6.15. The number of carbonyl (C=O) groups is 1. The zero-order chi connectivity index (χ0) is 12.6. The maximum Gasteiger partial charge on any atom is 0.323 e. The fourth-order valence-electron chi connectivity index (χ4n) is 1.11. The summed E-state index contributed by atoms with van der Waals surface area (Å²) in [6.45, 7) is 10.5. The first-order valence-electron chi connectivity index (χ1n) is 5.91. The van der Waals surface area contributed by atoms with Gasteiger partial charge in [-0.05, 0) is 52.2 Å². The SMILES string of the molecule is CCSCCCN[C@H](C)C(=O)OC(C)(C)C. The van der Waals surface area contributed by atoms with Gasteiger partial charge in [-0.2, -0.15) is 11.8 Å². The first-order valence-corrected chi connectivity index (χ1v) is 7.06. The molecule has 0 heterocycles. The van der Waals surface area contributed by atoms with E-state index >= 15 is 0 Å². The number of rotatable bonds is 7. The van der Waals surface area contributed by atoms with E-state index in [1.165, 1.54) is 0 Å². The molecule has 0 rings (SSSR count). The van der Waals surface area contributed by atoms with E-state index in [0.717, 1.165) is 24.5 Å². The van der Waals surface area contributed by atoms with E-state index < -0.39 is 5.60 Å². The Morgan fingerprint density at radius 3 is 2.56 bits per heavy atom. The third-order valence-corrected chi connectivity index (χ3v) is 2.87. The Hall–Kier alpha value is -0.220. The zero-order valence-electron chi connectivity index (χ0n) is 11.1. The second-order valence-electron chi connectivity index (χ2n) is 4.76. The highest BCUT2D eigenvalue weighted by Gasteiger charge is 2.20. The predicted molar refractivity (Wildman–Crippen MR) is 70.9 cm³/mol. The van der Waals surface area contributed by atoms with Crippen LogP contribution in [0.15, 0.2) is 0 Å². The minimum Gasteiger partial charge on any atom is -0.459 e. The van der Waals surface area contributed by atoms with E-state index in [-0.39, 0.29) is 12.0 Å². The largest absolute Gasteiger partial charge is 0.459 e. The molecule has 0 aliphatic carbocycles. The summed E-state index contributed by atoms with van der Waals surface area (Å²) in [6.07, 6.45) is 1.09. The van der Waals surface area contributed by atoms with Gasteiger partial charge in [-0.25, -0.2) is 0 Å². The summed E-state index contributed by atoms with van der Waals surface area (Å²) in [7, 11) is 0. The smallest absolute Gasteiger partial charge is 0.323 e. The highest BCUT2D eigenvalue weighted by atomic mass is 32.2. The molecule has 0 unspecified atom stereocenters. The summed E-state index contributed by atoms with van der Waals surface area (Å²) in [5, 5.41) is 3.18. The molecule has 3 nitrogen and oxygen atoms in total. The molecule has 0 spiro atoms. The molecule has 0 aliphatic rings. The number of carbonyl (C=O) groups excluding carboxylic acids is 1. The summed E-state index contributed by atoms with van der Waals surface area (Å²) in [6, 6.07) is -0.217. The Kier molecular flexibility index (Phi) is 7.85. The Morgan fingerprint density at radius 1 is 1.44 bits per heavy atom. The van der Waals surface area contributed by atoms with E-state index in [2.05, 4.69) is 12.2 Å². The molecule has 0 saturated heterocycles. The Bertz CT molecular complexity index is 202. The summed E-state index contributed by atoms with van der Waals surface area (Å²) in [5.41, 5.74) is -0.398. The minimum absolute atomic E-state index is 0.171. The normalized spacial score (nSPS) is 13.6. The maximum absolute atomic E-state index is 11.6. The van der Waals surface area contributed by atoms with Crippen molar-refractivity contribution < 1.29 is 9.53 Å². The van der Waals surface area contributed by atoms with Gasteiger partial charge in [0.05, 0.1) is 0 Å². The van der Waals surface area contributed by atoms with Gasteiger partial charge in [0.15, 0.2) is 0 Å². The number of ether oxygens (including phenoxy) is 1. The van der Waals surface area contributed by atoms with E-state index in [1.807, 2.05) is 39.5 Å². The van der Waals surface area contributed by atoms with Gasteiger partial charge in [-0.15, -0.1) is 0 Å². The maximum atomic E-state index is 11.6. The average molecular weight is 247 g/mol. The predicted octanol–water partition coefficient (Wildman–Crippen LogP) is 2.45. The van der Waals surface area contributed by atoms with Crippen molar-refractivity contribution in [3.63, 3.8) is 0 Å². The molecule has 16 heavy (non-hydrogen) atoms. The van der Waals surface area contributed by atoms with Gasteiger partial charge in [0.25, 0.3) is 0 Å². The van der Waals surface area contributed by atoms with Crippen LogP contribution in [0.5, 0.6) is 0 Å². The molecule has 1 N–H and O–H groups in total. The fraction of sp³-hybridized carbons (Fsp3) is 0.917. The van der Waals surface area contributed by atoms with Crippen LogP contribution in [-0.2, 0) is 9.53 Å². The van der Waals surface area contributed by atoms with Crippen LogP contribution in [0.4, 0.5) is 0 Å². The van der Waals surface area contributed by atoms with Crippen molar-refractivity contribution in [1.29, 1.82) is 0 Å². The molecule has 96 valence electrons. The van der Waals surface area contributed by atoms with Gasteiger partial charge in [-0.1, -0.05) is 6.92 Å². The summed E-state index contributed by atoms with van der Waals surface area (Å²) >= 11 is 1.92. The van der Waals surface area contributed by atoms with Crippen molar-refractivity contribution >= 4 is 17.7 Å². The topological polar surface area (TPSA) is 38.3 Å². The monoisotopic (exact) mass is 247 g/mol. The van der Waals surface area contributed by atoms with E-state index in [4.69, 9.17) is 4.74 Å². The van der Waals surface area contributed by atoms with Gasteiger partial charge in [0.2, 0.25) is 0 Å². The van der Waals surface area contributed by atoms with Crippen molar-refractivity contribution in [1.82, 2.24) is 5.32 Å². The lowest BCUT2D eigenvalue weighted by molar-refractivity contribution is -0.156. The van der Waals surface area contributed by atoms with Gasteiger partial charge in [0, 0.05) is 0 Å². The van der Waals surface area contributed by atoms with Crippen LogP contribution in [0, 0.1) is 0 Å². The summed E-state index contributed by atoms with van der Waals surface area (Å²) < 4.78 is 5.27. The number of esters is 1. The van der Waals surface area contributed by atoms with Crippen LogP contribution in [0.25, 0.3) is 0 Å². The molecule has 0 aromatic rings. The van der Waals surface area contributed by atoms with Crippen LogP contribution in [0.2, 0.25) is 0 Å². The molecule has 0 radical (unpaired) electrons. The van der Waals surface area contributed by atoms with Crippen molar-refractivity contribution in [2.24, 2.45) is 0 Å². The van der Waals surface area contributed by atoms with Crippen LogP contribution >= 0.6 is 11.8 Å². The molecular formula is C12H25NO2S. The molecule has 0 fully saturated rings. The quantitative estimate of drug-likeness (QED) is 0.554. The molecule has 4 heteroatoms. The lowest BCUT2D eigenvalue weighted by atomic mass is 10.2. The molecule has 1 atom stereocenters. The Morgan fingerprint density at radius 2 is 2.06 bits per heavy atom. The van der Waals surface area contributed by atoms with Crippen LogP contribution in [0.3, 0.4) is 0 Å². The lowest BCUT2D eigenvalue weighted by Gasteiger charge is -2.22. The molecule has 0 bridgehead atoms. The highest BCUT2D eigenvalue weighted by molar-refractivity contribution is 7.99. The van der Waals surface area contributed by atoms with Crippen LogP contribution in [0.1, 0.15) is 41.0 Å². The number of thioether (sulfide) groups is 1. The van der Waals surface area contributed by atoms with E-state index in [0.29, 0.717) is 0 Å². The lowest BCUT2D eigenvalue weighted by Crippen LogP contribution is -2.39. The first-order chi connectivity index (χ1) is 7.37. The van der Waals surface area contributed by atoms with Gasteiger partial charge in [-0.3, -0.25) is 4.79 Å². The Balaban J connectivity index is 3.64. The minimum atomic E-state index is -0.398. The van der Waals surface area contributed by atoms with Crippen molar-refractivity contribution in [2.75, 3.05) is 18.1 Å². The van der Waals surface area contributed by atoms with Gasteiger partial charge >= 0.3 is 5.97 Å². The zero-order valence-corrected chi connectivity index (χ0v) is 11.9. The number of hydrogen-bond acceptors (Lipinski definition) is 4. The first kappa shape index (κ1) is 15.8. The molecule has 0 aromatic heterocycles. The highest BCUT2D eigenvalue weighted by Crippen LogP contribution is 2.08. The summed E-state index contributed by atoms with van der Waals surface area (Å²) in [4.78, 5) is 11.6. The van der Waals surface area contributed by atoms with Crippen molar-refractivity contribution in [3.05, 3.63) is 0 Å². The van der Waals surface area contributed by atoms with E-state index in [1.54, 1.807) is 0 Å². The van der Waals surface area contributed by atoms with Gasteiger partial charge in [0.1, 0.15) is 11.6 Å². The molecule has 0 amide bonds. The van der Waals surface area contributed by atoms with Gasteiger partial charge < -0.3 is 10.1 Å². The second kappa shape index (κ2) is 7.96. The van der Waals surface area contributed by atoms with Crippen LogP contribution < -0.4 is 5.32 Å². The molecular weight excluding hydrogens is 222 g/mol. The number of hydrogen-bond donors (Lipinski definition) is 1.